The summed E-state index contributed by atoms with van der Waals surface area (Å²) < 4.78 is 0. The van der Waals surface area contributed by atoms with E-state index in [0.717, 1.165) is 29.5 Å². The van der Waals surface area contributed by atoms with Crippen LogP contribution in [0.15, 0.2) is 18.2 Å². The second-order valence-electron chi connectivity index (χ2n) is 5.70. The van der Waals surface area contributed by atoms with Crippen molar-refractivity contribution in [3.63, 3.8) is 0 Å². The zero-order valence-corrected chi connectivity index (χ0v) is 12.9. The maximum atomic E-state index is 12.6. The highest BCUT2D eigenvalue weighted by Crippen LogP contribution is 2.23. The van der Waals surface area contributed by atoms with Crippen molar-refractivity contribution in [3.05, 3.63) is 34.9 Å². The van der Waals surface area contributed by atoms with Gasteiger partial charge in [0.15, 0.2) is 0 Å². The fourth-order valence-electron chi connectivity index (χ4n) is 2.91. The number of hydrogen-bond acceptors (Lipinski definition) is 2. The van der Waals surface area contributed by atoms with Crippen LogP contribution in [0, 0.1) is 18.8 Å². The standard InChI is InChI=1S/C18H23NO2/c1-14-13-16(11-10-15(14)7-6-12-20)18(21)19(2)17-8-4-3-5-9-17/h10-11,13,17,20H,3-5,8-9,12H2,1-2H3. The van der Waals surface area contributed by atoms with Crippen LogP contribution in [0.5, 0.6) is 0 Å². The van der Waals surface area contributed by atoms with Crippen molar-refractivity contribution in [2.45, 2.75) is 45.1 Å². The largest absolute Gasteiger partial charge is 0.384 e. The Morgan fingerprint density at radius 1 is 1.33 bits per heavy atom. The number of rotatable bonds is 2. The van der Waals surface area contributed by atoms with Gasteiger partial charge in [-0.2, -0.15) is 0 Å². The Bertz CT molecular complexity index is 562. The minimum atomic E-state index is -0.148. The molecule has 21 heavy (non-hydrogen) atoms. The molecule has 1 saturated carbocycles. The van der Waals surface area contributed by atoms with E-state index >= 15 is 0 Å². The average molecular weight is 285 g/mol. The highest BCUT2D eigenvalue weighted by molar-refractivity contribution is 5.94. The second-order valence-corrected chi connectivity index (χ2v) is 5.70. The van der Waals surface area contributed by atoms with Gasteiger partial charge in [0.1, 0.15) is 6.61 Å². The number of aliphatic hydroxyl groups excluding tert-OH is 1. The van der Waals surface area contributed by atoms with Gasteiger partial charge in [-0.1, -0.05) is 31.1 Å². The third-order valence-corrected chi connectivity index (χ3v) is 4.22. The molecular formula is C18H23NO2. The molecule has 1 aliphatic carbocycles. The van der Waals surface area contributed by atoms with Crippen molar-refractivity contribution in [1.29, 1.82) is 0 Å². The lowest BCUT2D eigenvalue weighted by Crippen LogP contribution is -2.38. The van der Waals surface area contributed by atoms with Crippen LogP contribution >= 0.6 is 0 Å². The minimum absolute atomic E-state index is 0.0895. The summed E-state index contributed by atoms with van der Waals surface area (Å²) in [7, 11) is 1.91. The van der Waals surface area contributed by atoms with Crippen molar-refractivity contribution >= 4 is 5.91 Å². The molecular weight excluding hydrogens is 262 g/mol. The molecule has 3 nitrogen and oxygen atoms in total. The third-order valence-electron chi connectivity index (χ3n) is 4.22. The van der Waals surface area contributed by atoms with Crippen LogP contribution in [0.2, 0.25) is 0 Å². The zero-order valence-electron chi connectivity index (χ0n) is 12.9. The van der Waals surface area contributed by atoms with E-state index in [1.165, 1.54) is 19.3 Å². The first-order chi connectivity index (χ1) is 10.1. The minimum Gasteiger partial charge on any atom is -0.384 e. The van der Waals surface area contributed by atoms with Crippen molar-refractivity contribution in [2.75, 3.05) is 13.7 Å². The van der Waals surface area contributed by atoms with Crippen LogP contribution in [-0.2, 0) is 0 Å². The van der Waals surface area contributed by atoms with E-state index in [0.29, 0.717) is 6.04 Å². The molecule has 1 N–H and O–H groups in total. The Balaban J connectivity index is 2.13. The SMILES string of the molecule is Cc1cc(C(=O)N(C)C2CCCCC2)ccc1C#CCO. The number of carbonyl (C=O) groups excluding carboxylic acids is 1. The quantitative estimate of drug-likeness (QED) is 0.849. The molecule has 1 aliphatic rings. The molecule has 0 aromatic heterocycles. The summed E-state index contributed by atoms with van der Waals surface area (Å²) in [5, 5.41) is 8.74. The molecule has 1 aromatic carbocycles. The number of hydrogen-bond donors (Lipinski definition) is 1. The highest BCUT2D eigenvalue weighted by Gasteiger charge is 2.23. The van der Waals surface area contributed by atoms with Gasteiger partial charge in [-0.05, 0) is 43.5 Å². The molecule has 1 amide bonds. The first-order valence-electron chi connectivity index (χ1n) is 7.61. The summed E-state index contributed by atoms with van der Waals surface area (Å²) in [6, 6.07) is 5.96. The summed E-state index contributed by atoms with van der Waals surface area (Å²) in [6.45, 7) is 1.79. The molecule has 3 heteroatoms. The predicted molar refractivity (Wildman–Crippen MR) is 84.1 cm³/mol. The smallest absolute Gasteiger partial charge is 0.253 e. The predicted octanol–water partition coefficient (Wildman–Crippen LogP) is 2.74. The van der Waals surface area contributed by atoms with Crippen molar-refractivity contribution in [1.82, 2.24) is 4.90 Å². The molecule has 0 atom stereocenters. The molecule has 1 aromatic rings. The van der Waals surface area contributed by atoms with E-state index < -0.39 is 0 Å². The topological polar surface area (TPSA) is 40.5 Å². The molecule has 0 saturated heterocycles. The van der Waals surface area contributed by atoms with Gasteiger partial charge in [0, 0.05) is 24.2 Å². The lowest BCUT2D eigenvalue weighted by molar-refractivity contribution is 0.0696. The number of benzene rings is 1. The van der Waals surface area contributed by atoms with Crippen LogP contribution in [0.4, 0.5) is 0 Å². The summed E-state index contributed by atoms with van der Waals surface area (Å²) >= 11 is 0. The second kappa shape index (κ2) is 7.28. The molecule has 112 valence electrons. The van der Waals surface area contributed by atoms with E-state index in [-0.39, 0.29) is 12.5 Å². The van der Waals surface area contributed by atoms with E-state index in [9.17, 15) is 4.79 Å². The Labute approximate surface area is 127 Å². The maximum Gasteiger partial charge on any atom is 0.253 e. The van der Waals surface area contributed by atoms with Gasteiger partial charge >= 0.3 is 0 Å². The first-order valence-corrected chi connectivity index (χ1v) is 7.61. The van der Waals surface area contributed by atoms with Crippen molar-refractivity contribution in [3.8, 4) is 11.8 Å². The fourth-order valence-corrected chi connectivity index (χ4v) is 2.91. The van der Waals surface area contributed by atoms with Crippen LogP contribution in [0.25, 0.3) is 0 Å². The molecule has 0 aliphatic heterocycles. The molecule has 1 fully saturated rings. The van der Waals surface area contributed by atoms with Gasteiger partial charge in [0.05, 0.1) is 0 Å². The van der Waals surface area contributed by atoms with Gasteiger partial charge < -0.3 is 10.0 Å². The number of aliphatic hydroxyl groups is 1. The number of aryl methyl sites for hydroxylation is 1. The lowest BCUT2D eigenvalue weighted by Gasteiger charge is -2.31. The summed E-state index contributed by atoms with van der Waals surface area (Å²) in [5.74, 6) is 5.62. The number of nitrogens with zero attached hydrogens (tertiary/aromatic N) is 1. The van der Waals surface area contributed by atoms with Crippen molar-refractivity contribution < 1.29 is 9.90 Å². The molecule has 0 unspecified atom stereocenters. The molecule has 0 spiro atoms. The molecule has 0 heterocycles. The number of carbonyl (C=O) groups is 1. The van der Waals surface area contributed by atoms with Crippen LogP contribution in [0.1, 0.15) is 53.6 Å². The van der Waals surface area contributed by atoms with Crippen molar-refractivity contribution in [2.24, 2.45) is 0 Å². The monoisotopic (exact) mass is 285 g/mol. The van der Waals surface area contributed by atoms with E-state index in [1.54, 1.807) is 0 Å². The highest BCUT2D eigenvalue weighted by atomic mass is 16.2. The fraction of sp³-hybridized carbons (Fsp3) is 0.500. The lowest BCUT2D eigenvalue weighted by atomic mass is 9.94. The van der Waals surface area contributed by atoms with Gasteiger partial charge in [-0.3, -0.25) is 4.79 Å². The Hall–Kier alpha value is -1.79. The van der Waals surface area contributed by atoms with E-state index in [1.807, 2.05) is 37.1 Å². The van der Waals surface area contributed by atoms with Gasteiger partial charge in [0.2, 0.25) is 0 Å². The number of amides is 1. The first kappa shape index (κ1) is 15.6. The zero-order chi connectivity index (χ0) is 15.2. The maximum absolute atomic E-state index is 12.6. The average Bonchev–Trinajstić information content (AvgIpc) is 2.53. The third kappa shape index (κ3) is 3.86. The van der Waals surface area contributed by atoms with Crippen LogP contribution in [-0.4, -0.2) is 35.6 Å². The molecule has 0 bridgehead atoms. The summed E-state index contributed by atoms with van der Waals surface area (Å²) in [5.41, 5.74) is 2.55. The molecule has 0 radical (unpaired) electrons. The van der Waals surface area contributed by atoms with E-state index in [4.69, 9.17) is 5.11 Å². The van der Waals surface area contributed by atoms with E-state index in [2.05, 4.69) is 11.8 Å². The Kier molecular flexibility index (Phi) is 5.41. The van der Waals surface area contributed by atoms with Gasteiger partial charge in [-0.25, -0.2) is 0 Å². The van der Waals surface area contributed by atoms with Crippen LogP contribution < -0.4 is 0 Å². The summed E-state index contributed by atoms with van der Waals surface area (Å²) in [4.78, 5) is 14.5. The van der Waals surface area contributed by atoms with Gasteiger partial charge in [-0.15, -0.1) is 0 Å². The Morgan fingerprint density at radius 3 is 2.67 bits per heavy atom. The van der Waals surface area contributed by atoms with Crippen LogP contribution in [0.3, 0.4) is 0 Å². The molecule has 2 rings (SSSR count). The summed E-state index contributed by atoms with van der Waals surface area (Å²) in [6.07, 6.45) is 5.95. The normalized spacial score (nSPS) is 15.2. The Morgan fingerprint density at radius 2 is 2.05 bits per heavy atom. The van der Waals surface area contributed by atoms with Gasteiger partial charge in [0.25, 0.3) is 5.91 Å².